The number of methoxy groups -OCH3 is 1. The molecule has 0 amide bonds. The number of aromatic hydroxyl groups is 1. The van der Waals surface area contributed by atoms with Gasteiger partial charge in [-0.1, -0.05) is 26.8 Å². The third-order valence-electron chi connectivity index (χ3n) is 6.59. The summed E-state index contributed by atoms with van der Waals surface area (Å²) in [6.07, 6.45) is 2.43. The standard InChI is InChI=1S/C19H29NO2/c1-13(22-5)12-20-9-8-19(4)16-7-6-15(21)10-14(16)11-17(20)18(19,2)3/h6-7,10,13,17,21H,8-9,11-12H2,1-5H3/t13-,17+,19-/m0/s1. The third-order valence-corrected chi connectivity index (χ3v) is 6.59. The van der Waals surface area contributed by atoms with Crippen LogP contribution in [0, 0.1) is 5.41 Å². The van der Waals surface area contributed by atoms with E-state index in [9.17, 15) is 5.11 Å². The molecule has 3 nitrogen and oxygen atoms in total. The van der Waals surface area contributed by atoms with Crippen LogP contribution in [0.4, 0.5) is 0 Å². The Morgan fingerprint density at radius 3 is 2.77 bits per heavy atom. The molecule has 1 fully saturated rings. The van der Waals surface area contributed by atoms with Gasteiger partial charge in [0.25, 0.3) is 0 Å². The Balaban J connectivity index is 2.02. The molecule has 0 spiro atoms. The lowest BCUT2D eigenvalue weighted by atomic mass is 9.51. The van der Waals surface area contributed by atoms with Crippen molar-refractivity contribution >= 4 is 0 Å². The van der Waals surface area contributed by atoms with E-state index < -0.39 is 0 Å². The molecule has 1 aliphatic carbocycles. The fraction of sp³-hybridized carbons (Fsp3) is 0.684. The summed E-state index contributed by atoms with van der Waals surface area (Å²) in [4.78, 5) is 2.60. The Kier molecular flexibility index (Phi) is 3.77. The van der Waals surface area contributed by atoms with Gasteiger partial charge >= 0.3 is 0 Å². The van der Waals surface area contributed by atoms with Gasteiger partial charge in [0.1, 0.15) is 5.75 Å². The molecular weight excluding hydrogens is 274 g/mol. The van der Waals surface area contributed by atoms with Crippen molar-refractivity contribution < 1.29 is 9.84 Å². The van der Waals surface area contributed by atoms with Crippen LogP contribution in [-0.4, -0.2) is 42.4 Å². The SMILES string of the molecule is CO[C@@H](C)CN1CC[C@@]2(C)c3ccc(O)cc3C[C@@H]1C2(C)C. The first-order chi connectivity index (χ1) is 10.3. The van der Waals surface area contributed by atoms with E-state index in [1.54, 1.807) is 7.11 Å². The largest absolute Gasteiger partial charge is 0.508 e. The van der Waals surface area contributed by atoms with Gasteiger partial charge < -0.3 is 9.84 Å². The molecule has 0 saturated carbocycles. The topological polar surface area (TPSA) is 32.7 Å². The number of phenols is 1. The molecule has 3 atom stereocenters. The second kappa shape index (κ2) is 5.24. The van der Waals surface area contributed by atoms with Crippen molar-refractivity contribution in [1.29, 1.82) is 0 Å². The van der Waals surface area contributed by atoms with Gasteiger partial charge in [0.2, 0.25) is 0 Å². The molecule has 1 saturated heterocycles. The molecule has 1 aromatic carbocycles. The second-order valence-corrected chi connectivity index (χ2v) is 7.91. The normalized spacial score (nSPS) is 31.6. The highest BCUT2D eigenvalue weighted by atomic mass is 16.5. The highest BCUT2D eigenvalue weighted by Gasteiger charge is 2.55. The molecule has 1 N–H and O–H groups in total. The van der Waals surface area contributed by atoms with Crippen molar-refractivity contribution in [3.05, 3.63) is 29.3 Å². The van der Waals surface area contributed by atoms with Gasteiger partial charge in [-0.2, -0.15) is 0 Å². The van der Waals surface area contributed by atoms with E-state index in [0.717, 1.165) is 25.9 Å². The van der Waals surface area contributed by atoms with Crippen molar-refractivity contribution in [2.45, 2.75) is 58.1 Å². The highest BCUT2D eigenvalue weighted by molar-refractivity contribution is 5.45. The van der Waals surface area contributed by atoms with Crippen molar-refractivity contribution in [1.82, 2.24) is 4.90 Å². The molecule has 3 heteroatoms. The number of nitrogens with zero attached hydrogens (tertiary/aromatic N) is 1. The minimum atomic E-state index is 0.172. The van der Waals surface area contributed by atoms with E-state index in [4.69, 9.17) is 4.74 Å². The van der Waals surface area contributed by atoms with Gasteiger partial charge in [0.05, 0.1) is 6.10 Å². The molecule has 122 valence electrons. The number of fused-ring (bicyclic) bond motifs is 4. The third kappa shape index (κ3) is 2.17. The Morgan fingerprint density at radius 2 is 2.09 bits per heavy atom. The van der Waals surface area contributed by atoms with E-state index in [-0.39, 0.29) is 16.9 Å². The molecule has 0 radical (unpaired) electrons. The number of benzene rings is 1. The smallest absolute Gasteiger partial charge is 0.115 e. The monoisotopic (exact) mass is 303 g/mol. The first-order valence-corrected chi connectivity index (χ1v) is 8.39. The second-order valence-electron chi connectivity index (χ2n) is 7.91. The number of phenolic OH excluding ortho intramolecular Hbond substituents is 1. The molecule has 3 rings (SSSR count). The average Bonchev–Trinajstić information content (AvgIpc) is 2.45. The van der Waals surface area contributed by atoms with E-state index in [0.29, 0.717) is 11.8 Å². The number of rotatable bonds is 3. The fourth-order valence-electron chi connectivity index (χ4n) is 4.65. The van der Waals surface area contributed by atoms with Crippen LogP contribution in [0.2, 0.25) is 0 Å². The maximum Gasteiger partial charge on any atom is 0.115 e. The minimum absolute atomic E-state index is 0.172. The lowest BCUT2D eigenvalue weighted by molar-refractivity contribution is -0.0568. The van der Waals surface area contributed by atoms with Gasteiger partial charge in [-0.15, -0.1) is 0 Å². The van der Waals surface area contributed by atoms with Gasteiger partial charge in [0.15, 0.2) is 0 Å². The molecule has 22 heavy (non-hydrogen) atoms. The van der Waals surface area contributed by atoms with Crippen LogP contribution in [0.5, 0.6) is 5.75 Å². The van der Waals surface area contributed by atoms with Crippen LogP contribution < -0.4 is 0 Å². The van der Waals surface area contributed by atoms with Crippen molar-refractivity contribution in [3.63, 3.8) is 0 Å². The van der Waals surface area contributed by atoms with Crippen molar-refractivity contribution in [3.8, 4) is 5.75 Å². The Labute approximate surface area is 134 Å². The summed E-state index contributed by atoms with van der Waals surface area (Å²) in [6.45, 7) is 11.5. The lowest BCUT2D eigenvalue weighted by Crippen LogP contribution is -2.64. The number of piperidine rings is 1. The molecule has 1 aliphatic heterocycles. The number of likely N-dealkylation sites (tertiary alicyclic amines) is 1. The summed E-state index contributed by atoms with van der Waals surface area (Å²) < 4.78 is 5.49. The average molecular weight is 303 g/mol. The first kappa shape index (κ1) is 15.8. The van der Waals surface area contributed by atoms with Crippen LogP contribution in [-0.2, 0) is 16.6 Å². The minimum Gasteiger partial charge on any atom is -0.508 e. The maximum absolute atomic E-state index is 9.88. The van der Waals surface area contributed by atoms with Crippen LogP contribution in [0.25, 0.3) is 0 Å². The van der Waals surface area contributed by atoms with Gasteiger partial charge in [-0.05, 0) is 55.0 Å². The predicted molar refractivity (Wildman–Crippen MR) is 89.4 cm³/mol. The van der Waals surface area contributed by atoms with Crippen molar-refractivity contribution in [2.24, 2.45) is 5.41 Å². The molecule has 1 aromatic rings. The van der Waals surface area contributed by atoms with Crippen molar-refractivity contribution in [2.75, 3.05) is 20.2 Å². The molecule has 2 bridgehead atoms. The van der Waals surface area contributed by atoms with Crippen LogP contribution in [0.3, 0.4) is 0 Å². The Hall–Kier alpha value is -1.06. The molecule has 0 aromatic heterocycles. The summed E-state index contributed by atoms with van der Waals surface area (Å²) >= 11 is 0. The zero-order chi connectivity index (χ0) is 16.1. The fourth-order valence-corrected chi connectivity index (χ4v) is 4.65. The Bertz CT molecular complexity index is 569. The zero-order valence-electron chi connectivity index (χ0n) is 14.5. The van der Waals surface area contributed by atoms with Crippen LogP contribution >= 0.6 is 0 Å². The van der Waals surface area contributed by atoms with Crippen LogP contribution in [0.1, 0.15) is 45.2 Å². The predicted octanol–water partition coefficient (Wildman–Crippen LogP) is 3.34. The van der Waals surface area contributed by atoms with E-state index in [1.165, 1.54) is 11.1 Å². The first-order valence-electron chi connectivity index (χ1n) is 8.39. The van der Waals surface area contributed by atoms with E-state index >= 15 is 0 Å². The summed E-state index contributed by atoms with van der Waals surface area (Å²) in [5, 5.41) is 9.88. The summed E-state index contributed by atoms with van der Waals surface area (Å²) in [5.41, 5.74) is 3.14. The van der Waals surface area contributed by atoms with Gasteiger partial charge in [0, 0.05) is 25.1 Å². The van der Waals surface area contributed by atoms with E-state index in [1.807, 2.05) is 12.1 Å². The Morgan fingerprint density at radius 1 is 1.36 bits per heavy atom. The van der Waals surface area contributed by atoms with Gasteiger partial charge in [-0.3, -0.25) is 4.90 Å². The molecule has 2 aliphatic rings. The number of hydrogen-bond donors (Lipinski definition) is 1. The highest BCUT2D eigenvalue weighted by Crippen LogP contribution is 2.56. The molecule has 1 heterocycles. The zero-order valence-corrected chi connectivity index (χ0v) is 14.5. The molecule has 0 unspecified atom stereocenters. The molecular formula is C19H29NO2. The summed E-state index contributed by atoms with van der Waals surface area (Å²) in [6, 6.07) is 6.47. The maximum atomic E-state index is 9.88. The number of ether oxygens (including phenoxy) is 1. The van der Waals surface area contributed by atoms with Gasteiger partial charge in [-0.25, -0.2) is 0 Å². The van der Waals surface area contributed by atoms with Crippen LogP contribution in [0.15, 0.2) is 18.2 Å². The lowest BCUT2D eigenvalue weighted by Gasteiger charge is -2.61. The van der Waals surface area contributed by atoms with E-state index in [2.05, 4.69) is 38.7 Å². The quantitative estimate of drug-likeness (QED) is 0.929. The summed E-state index contributed by atoms with van der Waals surface area (Å²) in [5.74, 6) is 0.386. The summed E-state index contributed by atoms with van der Waals surface area (Å²) in [7, 11) is 1.79. The number of hydrogen-bond acceptors (Lipinski definition) is 3.